The molecule has 1 N–H and O–H groups in total. The minimum absolute atomic E-state index is 0. The fourth-order valence-corrected chi connectivity index (χ4v) is 2.23. The van der Waals surface area contributed by atoms with E-state index in [-0.39, 0.29) is 29.6 Å². The molecule has 1 fully saturated rings. The fourth-order valence-electron chi connectivity index (χ4n) is 2.23. The van der Waals surface area contributed by atoms with E-state index >= 15 is 0 Å². The maximum atomic E-state index is 12.1. The molecular weight excluding hydrogens is 255 g/mol. The van der Waals surface area contributed by atoms with Crippen molar-refractivity contribution in [1.82, 2.24) is 5.32 Å². The van der Waals surface area contributed by atoms with Gasteiger partial charge in [-0.25, -0.2) is 0 Å². The number of nitrogens with zero attached hydrogens (tertiary/aromatic N) is 1. The number of carbonyl (C=O) groups excluding carboxylic acids is 3. The van der Waals surface area contributed by atoms with Crippen molar-refractivity contribution in [2.45, 2.75) is 25.2 Å². The molecule has 0 spiro atoms. The molecule has 1 aromatic carbocycles. The zero-order chi connectivity index (χ0) is 13.2. The Bertz CT molecular complexity index is 482. The van der Waals surface area contributed by atoms with Gasteiger partial charge < -0.3 is 10.6 Å². The van der Waals surface area contributed by atoms with Gasteiger partial charge in [-0.2, -0.15) is 0 Å². The van der Waals surface area contributed by atoms with E-state index < -0.39 is 23.3 Å². The number of imide groups is 2. The third-order valence-corrected chi connectivity index (χ3v) is 3.07. The van der Waals surface area contributed by atoms with Gasteiger partial charge >= 0.3 is 29.6 Å². The van der Waals surface area contributed by atoms with Gasteiger partial charge in [-0.3, -0.25) is 14.4 Å². The minimum atomic E-state index is -1.36. The molecule has 0 aromatic heterocycles. The molecule has 1 atom stereocenters. The Morgan fingerprint density at radius 2 is 1.79 bits per heavy atom. The molecule has 19 heavy (non-hydrogen) atoms. The first-order chi connectivity index (χ1) is 8.61. The molecule has 0 aliphatic carbocycles. The molecule has 1 saturated heterocycles. The first-order valence-corrected chi connectivity index (χ1v) is 5.78. The van der Waals surface area contributed by atoms with Gasteiger partial charge in [-0.05, 0) is 12.0 Å². The second-order valence-electron chi connectivity index (χ2n) is 4.20. The molecule has 5 nitrogen and oxygen atoms in total. The summed E-state index contributed by atoms with van der Waals surface area (Å²) in [5, 5.41) is 5.49. The third kappa shape index (κ3) is 2.73. The fraction of sp³-hybridized carbons (Fsp3) is 0.308. The van der Waals surface area contributed by atoms with Crippen molar-refractivity contribution in [2.24, 2.45) is 0 Å². The van der Waals surface area contributed by atoms with Gasteiger partial charge in [0.05, 0.1) is 0 Å². The molecule has 6 heteroatoms. The van der Waals surface area contributed by atoms with Crippen molar-refractivity contribution in [3.63, 3.8) is 0 Å². The van der Waals surface area contributed by atoms with Crippen LogP contribution in [-0.4, -0.2) is 17.8 Å². The maximum Gasteiger partial charge on any atom is 1.00 e. The summed E-state index contributed by atoms with van der Waals surface area (Å²) < 4.78 is 0. The molecule has 94 valence electrons. The van der Waals surface area contributed by atoms with E-state index in [0.29, 0.717) is 18.4 Å². The third-order valence-electron chi connectivity index (χ3n) is 3.07. The van der Waals surface area contributed by atoms with Gasteiger partial charge in [-0.1, -0.05) is 43.7 Å². The Balaban J connectivity index is 0.00000180. The average Bonchev–Trinajstić information content (AvgIpc) is 2.35. The number of urea groups is 1. The molecule has 0 bridgehead atoms. The van der Waals surface area contributed by atoms with Crippen LogP contribution in [-0.2, 0) is 15.0 Å². The van der Waals surface area contributed by atoms with Crippen LogP contribution in [0.3, 0.4) is 0 Å². The van der Waals surface area contributed by atoms with Crippen molar-refractivity contribution in [3.8, 4) is 0 Å². The molecule has 4 amide bonds. The van der Waals surface area contributed by atoms with Crippen LogP contribution >= 0.6 is 0 Å². The van der Waals surface area contributed by atoms with Crippen LogP contribution in [0.2, 0.25) is 0 Å². The van der Waals surface area contributed by atoms with Gasteiger partial charge in [0.1, 0.15) is 5.41 Å². The molecule has 1 aliphatic rings. The number of rotatable bonds is 3. The second kappa shape index (κ2) is 6.32. The van der Waals surface area contributed by atoms with Crippen molar-refractivity contribution in [2.75, 3.05) is 0 Å². The molecule has 1 unspecified atom stereocenters. The summed E-state index contributed by atoms with van der Waals surface area (Å²) >= 11 is 0. The predicted octanol–water partition coefficient (Wildman–Crippen LogP) is -1.12. The van der Waals surface area contributed by atoms with Crippen LogP contribution in [0.25, 0.3) is 5.32 Å². The number of hydrogen-bond acceptors (Lipinski definition) is 3. The number of nitrogens with one attached hydrogen (secondary N) is 1. The number of amides is 4. The van der Waals surface area contributed by atoms with E-state index in [4.69, 9.17) is 0 Å². The summed E-state index contributed by atoms with van der Waals surface area (Å²) in [7, 11) is 0. The molecule has 1 heterocycles. The predicted molar refractivity (Wildman–Crippen MR) is 64.9 cm³/mol. The van der Waals surface area contributed by atoms with Crippen LogP contribution < -0.4 is 34.9 Å². The minimum Gasteiger partial charge on any atom is -0.394 e. The largest absolute Gasteiger partial charge is 1.00 e. The Morgan fingerprint density at radius 1 is 1.16 bits per heavy atom. The topological polar surface area (TPSA) is 77.3 Å². The Hall–Kier alpha value is -1.17. The van der Waals surface area contributed by atoms with Gasteiger partial charge in [0, 0.05) is 0 Å². The molecule has 1 aliphatic heterocycles. The number of barbiturate groups is 1. The van der Waals surface area contributed by atoms with E-state index in [1.807, 2.05) is 6.92 Å². The quantitative estimate of drug-likeness (QED) is 0.557. The number of carbonyl (C=O) groups is 3. The summed E-state index contributed by atoms with van der Waals surface area (Å²) in [4.78, 5) is 35.3. The molecule has 1 aromatic rings. The van der Waals surface area contributed by atoms with Crippen LogP contribution in [0.15, 0.2) is 30.3 Å². The van der Waals surface area contributed by atoms with E-state index in [1.54, 1.807) is 30.3 Å². The Kier molecular flexibility index (Phi) is 5.29. The maximum absolute atomic E-state index is 12.1. The molecule has 0 radical (unpaired) electrons. The SMILES string of the molecule is CCCC1(c2ccccc2)C(=O)[N-]C(=O)NC1=O.[Na+]. The van der Waals surface area contributed by atoms with E-state index in [9.17, 15) is 14.4 Å². The van der Waals surface area contributed by atoms with Crippen LogP contribution in [0.4, 0.5) is 4.79 Å². The molecule has 0 saturated carbocycles. The Morgan fingerprint density at radius 3 is 2.32 bits per heavy atom. The monoisotopic (exact) mass is 268 g/mol. The molecular formula is C13H13N2NaO3. The number of benzene rings is 1. The van der Waals surface area contributed by atoms with Crippen molar-refractivity contribution < 1.29 is 43.9 Å². The normalized spacial score (nSPS) is 22.3. The standard InChI is InChI=1S/C13H14N2O3.Na/c1-2-8-13(9-6-4-3-5-7-9)10(16)14-12(18)15-11(13)17;/h3-7H,2,8H2,1H3,(H2,14,15,16,17,18);/q;+1/p-1. The Labute approximate surface area is 133 Å². The van der Waals surface area contributed by atoms with Crippen molar-refractivity contribution in [1.29, 1.82) is 0 Å². The van der Waals surface area contributed by atoms with Gasteiger partial charge in [0.2, 0.25) is 0 Å². The zero-order valence-electron chi connectivity index (χ0n) is 11.0. The summed E-state index contributed by atoms with van der Waals surface area (Å²) in [6.45, 7) is 1.88. The summed E-state index contributed by atoms with van der Waals surface area (Å²) in [6.07, 6.45) is 0.968. The zero-order valence-corrected chi connectivity index (χ0v) is 13.0. The summed E-state index contributed by atoms with van der Waals surface area (Å²) in [5.74, 6) is -1.26. The van der Waals surface area contributed by atoms with Gasteiger partial charge in [-0.15, -0.1) is 0 Å². The van der Waals surface area contributed by atoms with E-state index in [0.717, 1.165) is 0 Å². The van der Waals surface area contributed by atoms with Crippen molar-refractivity contribution >= 4 is 17.8 Å². The summed E-state index contributed by atoms with van der Waals surface area (Å²) in [6, 6.07) is 7.84. The smallest absolute Gasteiger partial charge is 0.394 e. The van der Waals surface area contributed by atoms with Gasteiger partial charge in [0.25, 0.3) is 0 Å². The van der Waals surface area contributed by atoms with E-state index in [1.165, 1.54) is 0 Å². The summed E-state index contributed by atoms with van der Waals surface area (Å²) in [5.41, 5.74) is -0.783. The van der Waals surface area contributed by atoms with Gasteiger partial charge in [0.15, 0.2) is 17.8 Å². The first-order valence-electron chi connectivity index (χ1n) is 5.78. The number of hydrogen-bond donors (Lipinski definition) is 1. The van der Waals surface area contributed by atoms with Crippen LogP contribution in [0.5, 0.6) is 0 Å². The van der Waals surface area contributed by atoms with Crippen LogP contribution in [0.1, 0.15) is 25.3 Å². The average molecular weight is 268 g/mol. The van der Waals surface area contributed by atoms with Crippen LogP contribution in [0, 0.1) is 0 Å². The van der Waals surface area contributed by atoms with E-state index in [2.05, 4.69) is 10.6 Å². The molecule has 2 rings (SSSR count). The first kappa shape index (κ1) is 15.9. The second-order valence-corrected chi connectivity index (χ2v) is 4.20. The van der Waals surface area contributed by atoms with Crippen molar-refractivity contribution in [3.05, 3.63) is 41.2 Å².